The number of nitrogens with zero attached hydrogens (tertiary/aromatic N) is 2. The van der Waals surface area contributed by atoms with Gasteiger partial charge in [0.15, 0.2) is 5.82 Å². The first-order chi connectivity index (χ1) is 8.10. The predicted octanol–water partition coefficient (Wildman–Crippen LogP) is 2.04. The van der Waals surface area contributed by atoms with Crippen LogP contribution in [0.3, 0.4) is 0 Å². The van der Waals surface area contributed by atoms with Gasteiger partial charge >= 0.3 is 0 Å². The number of anilines is 1. The summed E-state index contributed by atoms with van der Waals surface area (Å²) in [6.45, 7) is 5.95. The van der Waals surface area contributed by atoms with Crippen molar-refractivity contribution in [2.24, 2.45) is 0 Å². The second-order valence-electron chi connectivity index (χ2n) is 4.24. The zero-order valence-corrected chi connectivity index (χ0v) is 10.6. The highest BCUT2D eigenvalue weighted by atomic mass is 16.1. The second kappa shape index (κ2) is 6.09. The average molecular weight is 233 g/mol. The molecular weight excluding hydrogens is 214 g/mol. The van der Waals surface area contributed by atoms with Gasteiger partial charge in [-0.1, -0.05) is 6.92 Å². The molecule has 0 saturated carbocycles. The van der Waals surface area contributed by atoms with E-state index in [2.05, 4.69) is 16.2 Å². The van der Waals surface area contributed by atoms with Gasteiger partial charge in [0.25, 0.3) is 5.56 Å². The molecule has 4 heteroatoms. The molecule has 0 bridgehead atoms. The van der Waals surface area contributed by atoms with Crippen molar-refractivity contribution in [1.29, 1.82) is 0 Å². The normalized spacial score (nSPS) is 12.2. The number of nitrogens with one attached hydrogen (secondary N) is 1. The highest BCUT2D eigenvalue weighted by molar-refractivity contribution is 5.32. The molecule has 0 saturated heterocycles. The lowest BCUT2D eigenvalue weighted by atomic mass is 10.1. The standard InChI is InChI=1S/C13H19N3O/c1-5-7-11(6-2)15-12-13(17)16(10(3)4)9-8-14-12/h1,8-11H,6-7H2,2-4H3,(H,14,15). The van der Waals surface area contributed by atoms with Gasteiger partial charge < -0.3 is 9.88 Å². The van der Waals surface area contributed by atoms with Crippen molar-refractivity contribution in [3.05, 3.63) is 22.7 Å². The van der Waals surface area contributed by atoms with Crippen LogP contribution >= 0.6 is 0 Å². The van der Waals surface area contributed by atoms with Crippen LogP contribution in [0.2, 0.25) is 0 Å². The quantitative estimate of drug-likeness (QED) is 0.792. The molecule has 1 N–H and O–H groups in total. The van der Waals surface area contributed by atoms with E-state index in [1.165, 1.54) is 0 Å². The van der Waals surface area contributed by atoms with Crippen LogP contribution in [0.1, 0.15) is 39.7 Å². The van der Waals surface area contributed by atoms with E-state index in [4.69, 9.17) is 6.42 Å². The molecule has 0 radical (unpaired) electrons. The van der Waals surface area contributed by atoms with E-state index in [1.54, 1.807) is 17.0 Å². The molecule has 1 rings (SSSR count). The van der Waals surface area contributed by atoms with Crippen LogP contribution in [0.15, 0.2) is 17.2 Å². The van der Waals surface area contributed by atoms with Gasteiger partial charge in [0.2, 0.25) is 0 Å². The fraction of sp³-hybridized carbons (Fsp3) is 0.538. The molecule has 1 atom stereocenters. The van der Waals surface area contributed by atoms with Crippen molar-refractivity contribution < 1.29 is 0 Å². The molecular formula is C13H19N3O. The Bertz CT molecular complexity index is 456. The van der Waals surface area contributed by atoms with E-state index in [1.807, 2.05) is 20.8 Å². The maximum atomic E-state index is 12.1. The number of hydrogen-bond acceptors (Lipinski definition) is 3. The van der Waals surface area contributed by atoms with E-state index in [0.29, 0.717) is 12.2 Å². The molecule has 1 aromatic rings. The Morgan fingerprint density at radius 2 is 2.29 bits per heavy atom. The van der Waals surface area contributed by atoms with Crippen LogP contribution in [0.25, 0.3) is 0 Å². The predicted molar refractivity (Wildman–Crippen MR) is 70.0 cm³/mol. The molecule has 17 heavy (non-hydrogen) atoms. The Labute approximate surface area is 102 Å². The van der Waals surface area contributed by atoms with Crippen LogP contribution in [0, 0.1) is 12.3 Å². The Hall–Kier alpha value is -1.76. The Morgan fingerprint density at radius 1 is 1.59 bits per heavy atom. The van der Waals surface area contributed by atoms with Gasteiger partial charge in [-0.05, 0) is 20.3 Å². The van der Waals surface area contributed by atoms with Crippen molar-refractivity contribution in [3.63, 3.8) is 0 Å². The van der Waals surface area contributed by atoms with Crippen molar-refractivity contribution in [1.82, 2.24) is 9.55 Å². The summed E-state index contributed by atoms with van der Waals surface area (Å²) in [7, 11) is 0. The van der Waals surface area contributed by atoms with Gasteiger partial charge in [0.05, 0.1) is 0 Å². The summed E-state index contributed by atoms with van der Waals surface area (Å²) in [4.78, 5) is 16.1. The molecule has 0 aliphatic heterocycles. The minimum Gasteiger partial charge on any atom is -0.362 e. The first kappa shape index (κ1) is 13.3. The van der Waals surface area contributed by atoms with Crippen molar-refractivity contribution >= 4 is 5.82 Å². The summed E-state index contributed by atoms with van der Waals surface area (Å²) in [5.41, 5.74) is -0.0991. The minimum absolute atomic E-state index is 0.0991. The van der Waals surface area contributed by atoms with Crippen molar-refractivity contribution in [3.8, 4) is 12.3 Å². The molecule has 0 fully saturated rings. The van der Waals surface area contributed by atoms with Crippen molar-refractivity contribution in [2.45, 2.75) is 45.7 Å². The number of hydrogen-bond donors (Lipinski definition) is 1. The van der Waals surface area contributed by atoms with Crippen LogP contribution in [-0.2, 0) is 0 Å². The maximum Gasteiger partial charge on any atom is 0.293 e. The topological polar surface area (TPSA) is 46.9 Å². The molecule has 1 unspecified atom stereocenters. The lowest BCUT2D eigenvalue weighted by Gasteiger charge is -2.16. The number of aromatic nitrogens is 2. The van der Waals surface area contributed by atoms with E-state index in [9.17, 15) is 4.79 Å². The number of terminal acetylenes is 1. The molecule has 1 aromatic heterocycles. The Balaban J connectivity index is 2.96. The van der Waals surface area contributed by atoms with E-state index >= 15 is 0 Å². The summed E-state index contributed by atoms with van der Waals surface area (Å²) >= 11 is 0. The first-order valence-corrected chi connectivity index (χ1v) is 5.87. The lowest BCUT2D eigenvalue weighted by molar-refractivity contribution is 0.573. The third-order valence-electron chi connectivity index (χ3n) is 2.62. The molecule has 92 valence electrons. The van der Waals surface area contributed by atoms with E-state index < -0.39 is 0 Å². The van der Waals surface area contributed by atoms with Gasteiger partial charge in [-0.15, -0.1) is 12.3 Å². The highest BCUT2D eigenvalue weighted by Crippen LogP contribution is 2.06. The van der Waals surface area contributed by atoms with Crippen LogP contribution in [-0.4, -0.2) is 15.6 Å². The fourth-order valence-corrected chi connectivity index (χ4v) is 1.56. The second-order valence-corrected chi connectivity index (χ2v) is 4.24. The van der Waals surface area contributed by atoms with Gasteiger partial charge in [0, 0.05) is 30.9 Å². The van der Waals surface area contributed by atoms with E-state index in [0.717, 1.165) is 6.42 Å². The Morgan fingerprint density at radius 3 is 2.82 bits per heavy atom. The molecule has 0 spiro atoms. The zero-order chi connectivity index (χ0) is 12.8. The summed E-state index contributed by atoms with van der Waals surface area (Å²) < 4.78 is 1.65. The summed E-state index contributed by atoms with van der Waals surface area (Å²) in [5, 5.41) is 3.11. The summed E-state index contributed by atoms with van der Waals surface area (Å²) in [5.74, 6) is 2.97. The molecule has 4 nitrogen and oxygen atoms in total. The lowest BCUT2D eigenvalue weighted by Crippen LogP contribution is -2.29. The maximum absolute atomic E-state index is 12.1. The SMILES string of the molecule is C#CCC(CC)Nc1nccn(C(C)C)c1=O. The average Bonchev–Trinajstić information content (AvgIpc) is 2.30. The molecule has 0 aromatic carbocycles. The van der Waals surface area contributed by atoms with Gasteiger partial charge in [-0.25, -0.2) is 4.98 Å². The van der Waals surface area contributed by atoms with Crippen LogP contribution in [0.4, 0.5) is 5.82 Å². The van der Waals surface area contributed by atoms with Gasteiger partial charge in [-0.2, -0.15) is 0 Å². The van der Waals surface area contributed by atoms with E-state index in [-0.39, 0.29) is 17.6 Å². The number of rotatable bonds is 5. The van der Waals surface area contributed by atoms with Crippen LogP contribution in [0.5, 0.6) is 0 Å². The summed E-state index contributed by atoms with van der Waals surface area (Å²) in [6.07, 6.45) is 10.1. The smallest absolute Gasteiger partial charge is 0.293 e. The molecule has 1 heterocycles. The highest BCUT2D eigenvalue weighted by Gasteiger charge is 2.10. The largest absolute Gasteiger partial charge is 0.362 e. The first-order valence-electron chi connectivity index (χ1n) is 5.87. The van der Waals surface area contributed by atoms with Crippen LogP contribution < -0.4 is 10.9 Å². The minimum atomic E-state index is -0.0991. The molecule has 0 amide bonds. The van der Waals surface area contributed by atoms with Crippen molar-refractivity contribution in [2.75, 3.05) is 5.32 Å². The molecule has 0 aliphatic rings. The molecule has 0 aliphatic carbocycles. The zero-order valence-electron chi connectivity index (χ0n) is 10.6. The Kier molecular flexibility index (Phi) is 4.77. The van der Waals surface area contributed by atoms with Gasteiger partial charge in [0.1, 0.15) is 0 Å². The third kappa shape index (κ3) is 3.35. The summed E-state index contributed by atoms with van der Waals surface area (Å²) in [6, 6.07) is 0.224. The monoisotopic (exact) mass is 233 g/mol. The third-order valence-corrected chi connectivity index (χ3v) is 2.62. The fourth-order valence-electron chi connectivity index (χ4n) is 1.56. The van der Waals surface area contributed by atoms with Gasteiger partial charge in [-0.3, -0.25) is 4.79 Å².